The van der Waals surface area contributed by atoms with Gasteiger partial charge in [0.05, 0.1) is 19.8 Å². The van der Waals surface area contributed by atoms with E-state index in [1.165, 1.54) is 6.42 Å². The van der Waals surface area contributed by atoms with Gasteiger partial charge in [0.2, 0.25) is 11.3 Å². The Labute approximate surface area is 139 Å². The van der Waals surface area contributed by atoms with E-state index < -0.39 is 0 Å². The zero-order chi connectivity index (χ0) is 16.4. The molecule has 0 N–H and O–H groups in total. The van der Waals surface area contributed by atoms with Crippen molar-refractivity contribution in [3.05, 3.63) is 0 Å². The van der Waals surface area contributed by atoms with Crippen LogP contribution in [0.25, 0.3) is 11.3 Å². The lowest BCUT2D eigenvalue weighted by Crippen LogP contribution is -2.41. The van der Waals surface area contributed by atoms with Gasteiger partial charge in [-0.2, -0.15) is 0 Å². The van der Waals surface area contributed by atoms with Crippen molar-refractivity contribution in [1.29, 1.82) is 0 Å². The zero-order valence-electron chi connectivity index (χ0n) is 13.8. The first-order chi connectivity index (χ1) is 11.8. The molecule has 2 fully saturated rings. The molecule has 24 heavy (non-hydrogen) atoms. The lowest BCUT2D eigenvalue weighted by Gasteiger charge is -2.36. The molecule has 0 spiro atoms. The van der Waals surface area contributed by atoms with Gasteiger partial charge in [-0.1, -0.05) is 0 Å². The molecular formula is C15H22N6O3. The molecule has 9 heteroatoms. The van der Waals surface area contributed by atoms with E-state index in [1.54, 1.807) is 7.11 Å². The summed E-state index contributed by atoms with van der Waals surface area (Å²) in [5.74, 6) is 2.22. The van der Waals surface area contributed by atoms with E-state index in [-0.39, 0.29) is 0 Å². The molecule has 4 rings (SSSR count). The molecule has 2 saturated heterocycles. The molecule has 4 heterocycles. The van der Waals surface area contributed by atoms with E-state index in [2.05, 4.69) is 25.1 Å². The average molecular weight is 334 g/mol. The summed E-state index contributed by atoms with van der Waals surface area (Å²) in [6, 6.07) is 0. The fourth-order valence-corrected chi connectivity index (χ4v) is 3.45. The molecule has 1 atom stereocenters. The van der Waals surface area contributed by atoms with Gasteiger partial charge in [0.25, 0.3) is 0 Å². The summed E-state index contributed by atoms with van der Waals surface area (Å²) in [6.45, 7) is 5.64. The van der Waals surface area contributed by atoms with E-state index in [0.717, 1.165) is 50.8 Å². The van der Waals surface area contributed by atoms with Gasteiger partial charge in [-0.3, -0.25) is 0 Å². The van der Waals surface area contributed by atoms with Crippen molar-refractivity contribution in [2.45, 2.75) is 12.8 Å². The lowest BCUT2D eigenvalue weighted by atomic mass is 9.99. The first-order valence-electron chi connectivity index (χ1n) is 8.42. The Bertz CT molecular complexity index is 685. The molecule has 2 aromatic heterocycles. The number of hydrogen-bond acceptors (Lipinski definition) is 9. The fourth-order valence-electron chi connectivity index (χ4n) is 3.45. The summed E-state index contributed by atoms with van der Waals surface area (Å²) in [7, 11) is 1.75. The van der Waals surface area contributed by atoms with Crippen LogP contribution in [0.15, 0.2) is 4.63 Å². The fraction of sp³-hybridized carbons (Fsp3) is 0.733. The number of fused-ring (bicyclic) bond motifs is 1. The standard InChI is InChI=1S/C15H22N6O3/c1-22-10-11-3-2-4-21(9-11)15-14(20-5-7-23-8-6-20)16-12-13(17-15)19-24-18-12/h11H,2-10H2,1H3/t11-/m1/s1. The summed E-state index contributed by atoms with van der Waals surface area (Å²) < 4.78 is 15.6. The zero-order valence-corrected chi connectivity index (χ0v) is 13.8. The number of hydrogen-bond donors (Lipinski definition) is 0. The predicted molar refractivity (Wildman–Crippen MR) is 87.2 cm³/mol. The highest BCUT2D eigenvalue weighted by Gasteiger charge is 2.27. The van der Waals surface area contributed by atoms with Crippen molar-refractivity contribution >= 4 is 22.9 Å². The number of anilines is 2. The smallest absolute Gasteiger partial charge is 0.245 e. The van der Waals surface area contributed by atoms with Crippen LogP contribution in [-0.4, -0.2) is 73.4 Å². The van der Waals surface area contributed by atoms with Crippen LogP contribution in [0.4, 0.5) is 11.6 Å². The normalized spacial score (nSPS) is 22.3. The van der Waals surface area contributed by atoms with E-state index in [4.69, 9.17) is 19.1 Å². The SMILES string of the molecule is COC[C@@H]1CCCN(c2nc3nonc3nc2N2CCOCC2)C1. The minimum atomic E-state index is 0.450. The lowest BCUT2D eigenvalue weighted by molar-refractivity contribution is 0.122. The van der Waals surface area contributed by atoms with Gasteiger partial charge in [-0.15, -0.1) is 0 Å². The second-order valence-electron chi connectivity index (χ2n) is 6.29. The second-order valence-corrected chi connectivity index (χ2v) is 6.29. The Morgan fingerprint density at radius 2 is 1.75 bits per heavy atom. The summed E-state index contributed by atoms with van der Waals surface area (Å²) in [5, 5.41) is 7.71. The molecule has 0 radical (unpaired) electrons. The molecule has 0 saturated carbocycles. The van der Waals surface area contributed by atoms with Crippen LogP contribution in [-0.2, 0) is 9.47 Å². The number of rotatable bonds is 4. The van der Waals surface area contributed by atoms with E-state index in [1.807, 2.05) is 0 Å². The van der Waals surface area contributed by atoms with Crippen LogP contribution in [0.2, 0.25) is 0 Å². The Balaban J connectivity index is 1.69. The average Bonchev–Trinajstić information content (AvgIpc) is 3.09. The minimum Gasteiger partial charge on any atom is -0.384 e. The summed E-state index contributed by atoms with van der Waals surface area (Å²) in [4.78, 5) is 13.9. The van der Waals surface area contributed by atoms with Gasteiger partial charge >= 0.3 is 0 Å². The molecule has 0 bridgehead atoms. The first-order valence-corrected chi connectivity index (χ1v) is 8.42. The van der Waals surface area contributed by atoms with E-state index in [9.17, 15) is 0 Å². The summed E-state index contributed by atoms with van der Waals surface area (Å²) in [5.41, 5.74) is 0.904. The number of methoxy groups -OCH3 is 1. The molecule has 0 aliphatic carbocycles. The third-order valence-electron chi connectivity index (χ3n) is 4.61. The van der Waals surface area contributed by atoms with E-state index in [0.29, 0.717) is 30.4 Å². The van der Waals surface area contributed by atoms with E-state index >= 15 is 0 Å². The maximum absolute atomic E-state index is 5.46. The third-order valence-corrected chi connectivity index (χ3v) is 4.61. The Morgan fingerprint density at radius 3 is 2.46 bits per heavy atom. The molecule has 2 aromatic rings. The van der Waals surface area contributed by atoms with Gasteiger partial charge in [0.1, 0.15) is 0 Å². The third kappa shape index (κ3) is 3.01. The molecule has 0 amide bonds. The highest BCUT2D eigenvalue weighted by atomic mass is 16.6. The molecule has 2 aliphatic rings. The van der Waals surface area contributed by atoms with Crippen molar-refractivity contribution < 1.29 is 14.1 Å². The van der Waals surface area contributed by atoms with Gasteiger partial charge < -0.3 is 19.3 Å². The maximum Gasteiger partial charge on any atom is 0.245 e. The van der Waals surface area contributed by atoms with Gasteiger partial charge in [0.15, 0.2) is 11.6 Å². The van der Waals surface area contributed by atoms with Crippen molar-refractivity contribution in [2.24, 2.45) is 5.92 Å². The molecule has 0 aromatic carbocycles. The Morgan fingerprint density at radius 1 is 1.04 bits per heavy atom. The molecule has 130 valence electrons. The predicted octanol–water partition coefficient (Wildman–Crippen LogP) is 0.712. The van der Waals surface area contributed by atoms with Crippen molar-refractivity contribution in [3.8, 4) is 0 Å². The van der Waals surface area contributed by atoms with Crippen LogP contribution in [0, 0.1) is 5.92 Å². The van der Waals surface area contributed by atoms with Crippen LogP contribution < -0.4 is 9.80 Å². The maximum atomic E-state index is 5.46. The van der Waals surface area contributed by atoms with Crippen molar-refractivity contribution in [1.82, 2.24) is 20.3 Å². The molecule has 0 unspecified atom stereocenters. The highest BCUT2D eigenvalue weighted by molar-refractivity contribution is 5.74. The topological polar surface area (TPSA) is 89.6 Å². The van der Waals surface area contributed by atoms with Crippen molar-refractivity contribution in [3.63, 3.8) is 0 Å². The number of ether oxygens (including phenoxy) is 2. The number of piperidine rings is 1. The molecule has 9 nitrogen and oxygen atoms in total. The molecular weight excluding hydrogens is 312 g/mol. The molecule has 2 aliphatic heterocycles. The quantitative estimate of drug-likeness (QED) is 0.802. The van der Waals surface area contributed by atoms with Crippen LogP contribution in [0.5, 0.6) is 0 Å². The van der Waals surface area contributed by atoms with Crippen LogP contribution in [0.1, 0.15) is 12.8 Å². The monoisotopic (exact) mass is 334 g/mol. The highest BCUT2D eigenvalue weighted by Crippen LogP contribution is 2.31. The van der Waals surface area contributed by atoms with Gasteiger partial charge in [-0.25, -0.2) is 14.6 Å². The van der Waals surface area contributed by atoms with Gasteiger partial charge in [0, 0.05) is 33.3 Å². The largest absolute Gasteiger partial charge is 0.384 e. The summed E-state index contributed by atoms with van der Waals surface area (Å²) in [6.07, 6.45) is 2.30. The number of nitrogens with zero attached hydrogens (tertiary/aromatic N) is 6. The minimum absolute atomic E-state index is 0.450. The van der Waals surface area contributed by atoms with Gasteiger partial charge in [-0.05, 0) is 29.1 Å². The summed E-state index contributed by atoms with van der Waals surface area (Å²) >= 11 is 0. The van der Waals surface area contributed by atoms with Crippen molar-refractivity contribution in [2.75, 3.05) is 62.9 Å². The van der Waals surface area contributed by atoms with Crippen LogP contribution >= 0.6 is 0 Å². The Hall–Kier alpha value is -2.00. The first kappa shape index (κ1) is 15.5. The number of aromatic nitrogens is 4. The number of morpholine rings is 1. The van der Waals surface area contributed by atoms with Crippen LogP contribution in [0.3, 0.4) is 0 Å². The second kappa shape index (κ2) is 6.86. The Kier molecular flexibility index (Phi) is 4.44.